The highest BCUT2D eigenvalue weighted by molar-refractivity contribution is 7.99. The van der Waals surface area contributed by atoms with E-state index in [-0.39, 0.29) is 0 Å². The van der Waals surface area contributed by atoms with Crippen molar-refractivity contribution in [1.29, 1.82) is 0 Å². The number of hydrogen-bond acceptors (Lipinski definition) is 3. The SMILES string of the molecule is CCNCCSc1cncc(C)c1. The van der Waals surface area contributed by atoms with Gasteiger partial charge in [-0.1, -0.05) is 6.92 Å². The maximum atomic E-state index is 4.14. The molecule has 0 radical (unpaired) electrons. The maximum Gasteiger partial charge on any atom is 0.0404 e. The van der Waals surface area contributed by atoms with E-state index in [2.05, 4.69) is 30.2 Å². The first-order valence-electron chi connectivity index (χ1n) is 4.58. The van der Waals surface area contributed by atoms with E-state index in [1.807, 2.05) is 24.2 Å². The highest BCUT2D eigenvalue weighted by atomic mass is 32.2. The third-order valence-corrected chi connectivity index (χ3v) is 2.61. The van der Waals surface area contributed by atoms with Gasteiger partial charge in [-0.3, -0.25) is 4.98 Å². The van der Waals surface area contributed by atoms with Crippen LogP contribution in [-0.4, -0.2) is 23.8 Å². The molecule has 0 amide bonds. The van der Waals surface area contributed by atoms with E-state index in [9.17, 15) is 0 Å². The van der Waals surface area contributed by atoms with Crippen LogP contribution in [0, 0.1) is 6.92 Å². The van der Waals surface area contributed by atoms with Crippen LogP contribution < -0.4 is 5.32 Å². The first-order chi connectivity index (χ1) is 6.33. The molecular weight excluding hydrogens is 180 g/mol. The summed E-state index contributed by atoms with van der Waals surface area (Å²) in [7, 11) is 0. The fourth-order valence-corrected chi connectivity index (χ4v) is 1.91. The molecule has 2 nitrogen and oxygen atoms in total. The standard InChI is InChI=1S/C10H16N2S/c1-3-11-4-5-13-10-6-9(2)7-12-8-10/h6-8,11H,3-5H2,1-2H3. The number of aryl methyl sites for hydroxylation is 1. The lowest BCUT2D eigenvalue weighted by molar-refractivity contribution is 0.768. The lowest BCUT2D eigenvalue weighted by Gasteiger charge is -2.02. The molecule has 1 N–H and O–H groups in total. The van der Waals surface area contributed by atoms with Crippen LogP contribution in [-0.2, 0) is 0 Å². The molecule has 1 rings (SSSR count). The number of thioether (sulfide) groups is 1. The lowest BCUT2D eigenvalue weighted by atomic mass is 10.3. The summed E-state index contributed by atoms with van der Waals surface area (Å²) in [5.41, 5.74) is 1.23. The summed E-state index contributed by atoms with van der Waals surface area (Å²) in [6.45, 7) is 6.31. The number of nitrogens with zero attached hydrogens (tertiary/aromatic N) is 1. The van der Waals surface area contributed by atoms with E-state index in [0.29, 0.717) is 0 Å². The third kappa shape index (κ3) is 4.29. The maximum absolute atomic E-state index is 4.14. The van der Waals surface area contributed by atoms with E-state index in [1.165, 1.54) is 10.5 Å². The summed E-state index contributed by atoms with van der Waals surface area (Å²) in [5.74, 6) is 1.11. The highest BCUT2D eigenvalue weighted by Crippen LogP contribution is 2.16. The average Bonchev–Trinajstić information content (AvgIpc) is 2.13. The Morgan fingerprint density at radius 3 is 3.00 bits per heavy atom. The van der Waals surface area contributed by atoms with Gasteiger partial charge >= 0.3 is 0 Å². The Kier molecular flexibility index (Phi) is 4.86. The summed E-state index contributed by atoms with van der Waals surface area (Å²) >= 11 is 1.85. The van der Waals surface area contributed by atoms with Crippen molar-refractivity contribution in [3.8, 4) is 0 Å². The summed E-state index contributed by atoms with van der Waals surface area (Å²) < 4.78 is 0. The van der Waals surface area contributed by atoms with Crippen LogP contribution in [0.2, 0.25) is 0 Å². The fraction of sp³-hybridized carbons (Fsp3) is 0.500. The van der Waals surface area contributed by atoms with E-state index in [4.69, 9.17) is 0 Å². The van der Waals surface area contributed by atoms with Crippen molar-refractivity contribution < 1.29 is 0 Å². The van der Waals surface area contributed by atoms with Crippen molar-refractivity contribution in [2.75, 3.05) is 18.8 Å². The van der Waals surface area contributed by atoms with Gasteiger partial charge in [0.15, 0.2) is 0 Å². The lowest BCUT2D eigenvalue weighted by Crippen LogP contribution is -2.15. The van der Waals surface area contributed by atoms with Gasteiger partial charge in [-0.05, 0) is 25.1 Å². The van der Waals surface area contributed by atoms with Gasteiger partial charge in [0.2, 0.25) is 0 Å². The van der Waals surface area contributed by atoms with E-state index < -0.39 is 0 Å². The molecule has 0 atom stereocenters. The van der Waals surface area contributed by atoms with Crippen LogP contribution in [0.5, 0.6) is 0 Å². The molecule has 0 spiro atoms. The molecular formula is C10H16N2S. The third-order valence-electron chi connectivity index (χ3n) is 1.65. The Morgan fingerprint density at radius 1 is 1.46 bits per heavy atom. The Hall–Kier alpha value is -0.540. The smallest absolute Gasteiger partial charge is 0.0404 e. The molecule has 3 heteroatoms. The Bertz CT molecular complexity index is 250. The van der Waals surface area contributed by atoms with Crippen LogP contribution in [0.3, 0.4) is 0 Å². The van der Waals surface area contributed by atoms with E-state index in [0.717, 1.165) is 18.8 Å². The van der Waals surface area contributed by atoms with Gasteiger partial charge in [-0.2, -0.15) is 0 Å². The molecule has 0 saturated heterocycles. The van der Waals surface area contributed by atoms with Crippen LogP contribution in [0.25, 0.3) is 0 Å². The fourth-order valence-electron chi connectivity index (χ4n) is 1.02. The number of aromatic nitrogens is 1. The molecule has 1 aromatic rings. The summed E-state index contributed by atoms with van der Waals surface area (Å²) in [6, 6.07) is 2.17. The molecule has 1 heterocycles. The summed E-state index contributed by atoms with van der Waals surface area (Å²) in [5, 5.41) is 3.29. The van der Waals surface area contributed by atoms with Crippen molar-refractivity contribution in [1.82, 2.24) is 10.3 Å². The van der Waals surface area contributed by atoms with E-state index in [1.54, 1.807) is 0 Å². The monoisotopic (exact) mass is 196 g/mol. The van der Waals surface area contributed by atoms with Crippen molar-refractivity contribution >= 4 is 11.8 Å². The quantitative estimate of drug-likeness (QED) is 0.576. The van der Waals surface area contributed by atoms with Crippen molar-refractivity contribution in [3.63, 3.8) is 0 Å². The van der Waals surface area contributed by atoms with Crippen LogP contribution in [0.4, 0.5) is 0 Å². The van der Waals surface area contributed by atoms with Crippen molar-refractivity contribution in [2.24, 2.45) is 0 Å². The molecule has 72 valence electrons. The normalized spacial score (nSPS) is 10.3. The molecule has 0 fully saturated rings. The number of pyridine rings is 1. The molecule has 0 bridgehead atoms. The van der Waals surface area contributed by atoms with E-state index >= 15 is 0 Å². The second-order valence-electron chi connectivity index (χ2n) is 2.90. The number of rotatable bonds is 5. The predicted octanol–water partition coefficient (Wildman–Crippen LogP) is 2.09. The van der Waals surface area contributed by atoms with Gasteiger partial charge < -0.3 is 5.32 Å². The Balaban J connectivity index is 2.28. The van der Waals surface area contributed by atoms with Gasteiger partial charge in [0.25, 0.3) is 0 Å². The number of nitrogens with one attached hydrogen (secondary N) is 1. The van der Waals surface area contributed by atoms with Crippen molar-refractivity contribution in [2.45, 2.75) is 18.7 Å². The summed E-state index contributed by atoms with van der Waals surface area (Å²) in [4.78, 5) is 5.40. The second kappa shape index (κ2) is 6.00. The van der Waals surface area contributed by atoms with Gasteiger partial charge in [-0.25, -0.2) is 0 Å². The molecule has 0 unspecified atom stereocenters. The zero-order valence-electron chi connectivity index (χ0n) is 8.21. The largest absolute Gasteiger partial charge is 0.316 e. The minimum Gasteiger partial charge on any atom is -0.316 e. The van der Waals surface area contributed by atoms with Crippen LogP contribution in [0.1, 0.15) is 12.5 Å². The second-order valence-corrected chi connectivity index (χ2v) is 4.07. The Morgan fingerprint density at radius 2 is 2.31 bits per heavy atom. The molecule has 0 saturated carbocycles. The topological polar surface area (TPSA) is 24.9 Å². The molecule has 0 aliphatic carbocycles. The summed E-state index contributed by atoms with van der Waals surface area (Å²) in [6.07, 6.45) is 3.80. The molecule has 0 aliphatic heterocycles. The van der Waals surface area contributed by atoms with Crippen LogP contribution in [0.15, 0.2) is 23.4 Å². The van der Waals surface area contributed by atoms with Gasteiger partial charge in [0, 0.05) is 29.6 Å². The minimum absolute atomic E-state index is 1.05. The molecule has 1 aromatic heterocycles. The highest BCUT2D eigenvalue weighted by Gasteiger charge is 1.93. The first kappa shape index (κ1) is 10.5. The predicted molar refractivity (Wildman–Crippen MR) is 58.2 cm³/mol. The van der Waals surface area contributed by atoms with Gasteiger partial charge in [0.1, 0.15) is 0 Å². The molecule has 13 heavy (non-hydrogen) atoms. The van der Waals surface area contributed by atoms with Gasteiger partial charge in [0.05, 0.1) is 0 Å². The zero-order valence-corrected chi connectivity index (χ0v) is 9.03. The van der Waals surface area contributed by atoms with Crippen molar-refractivity contribution in [3.05, 3.63) is 24.0 Å². The average molecular weight is 196 g/mol. The molecule has 0 aliphatic rings. The first-order valence-corrected chi connectivity index (χ1v) is 5.56. The molecule has 0 aromatic carbocycles. The zero-order chi connectivity index (χ0) is 9.52. The minimum atomic E-state index is 1.05. The van der Waals surface area contributed by atoms with Gasteiger partial charge in [-0.15, -0.1) is 11.8 Å². The Labute approximate surface area is 84.1 Å². The van der Waals surface area contributed by atoms with Crippen LogP contribution >= 0.6 is 11.8 Å². The number of hydrogen-bond donors (Lipinski definition) is 1.